The molecule has 3 rings (SSSR count). The molecule has 7 nitrogen and oxygen atoms in total. The summed E-state index contributed by atoms with van der Waals surface area (Å²) in [5, 5.41) is 14.9. The zero-order valence-corrected chi connectivity index (χ0v) is 20.3. The minimum atomic E-state index is -1.63. The highest BCUT2D eigenvalue weighted by molar-refractivity contribution is 7.90. The van der Waals surface area contributed by atoms with Gasteiger partial charge in [0.2, 0.25) is 0 Å². The summed E-state index contributed by atoms with van der Waals surface area (Å²) in [7, 11) is 0. The molecule has 0 aliphatic heterocycles. The van der Waals surface area contributed by atoms with Crippen molar-refractivity contribution >= 4 is 11.4 Å². The van der Waals surface area contributed by atoms with E-state index in [0.717, 1.165) is 6.07 Å². The van der Waals surface area contributed by atoms with Crippen LogP contribution in [0.15, 0.2) is 35.4 Å². The lowest BCUT2D eigenvalue weighted by atomic mass is 9.83. The first-order chi connectivity index (χ1) is 15.3. The maximum Gasteiger partial charge on any atom is 0.139 e. The molecule has 0 aliphatic carbocycles. The molecule has 2 N–H and O–H groups in total. The lowest BCUT2D eigenvalue weighted by Gasteiger charge is -2.37. The largest absolute Gasteiger partial charge is 0.598 e. The second-order valence-electron chi connectivity index (χ2n) is 9.21. The molecule has 3 atom stereocenters. The fraction of sp³-hybridized carbons (Fsp3) is 0.435. The van der Waals surface area contributed by atoms with Crippen molar-refractivity contribution < 1.29 is 23.0 Å². The summed E-state index contributed by atoms with van der Waals surface area (Å²) >= 11 is -1.63. The number of nitrogens with one attached hydrogen (secondary N) is 1. The molecule has 1 unspecified atom stereocenters. The molecule has 0 aliphatic rings. The summed E-state index contributed by atoms with van der Waals surface area (Å²) in [6.45, 7) is 10.3. The molecule has 0 spiro atoms. The first-order valence-electron chi connectivity index (χ1n) is 10.4. The molecule has 33 heavy (non-hydrogen) atoms. The Balaban J connectivity index is 2.13. The Hall–Kier alpha value is -2.40. The van der Waals surface area contributed by atoms with Gasteiger partial charge in [-0.25, -0.2) is 18.7 Å². The Morgan fingerprint density at radius 3 is 2.30 bits per heavy atom. The predicted octanol–water partition coefficient (Wildman–Crippen LogP) is 4.42. The van der Waals surface area contributed by atoms with Crippen LogP contribution < -0.4 is 4.72 Å². The van der Waals surface area contributed by atoms with E-state index >= 15 is 4.39 Å². The van der Waals surface area contributed by atoms with Gasteiger partial charge in [0, 0.05) is 58.5 Å². The number of aliphatic hydroxyl groups excluding tert-OH is 1. The van der Waals surface area contributed by atoms with E-state index in [2.05, 4.69) is 19.8 Å². The van der Waals surface area contributed by atoms with E-state index < -0.39 is 39.4 Å². The molecule has 10 heteroatoms. The first kappa shape index (κ1) is 25.2. The van der Waals surface area contributed by atoms with Crippen molar-refractivity contribution in [2.75, 3.05) is 0 Å². The average Bonchev–Trinajstić information content (AvgIpc) is 3.06. The summed E-state index contributed by atoms with van der Waals surface area (Å²) in [4.78, 5) is 7.81. The third-order valence-corrected chi connectivity index (χ3v) is 7.17. The smallest absolute Gasteiger partial charge is 0.139 e. The zero-order valence-electron chi connectivity index (χ0n) is 19.4. The summed E-state index contributed by atoms with van der Waals surface area (Å²) in [6, 6.07) is 2.12. The molecule has 178 valence electrons. The molecular formula is C23H28F2N4O3S. The molecule has 1 aromatic carbocycles. The average molecular weight is 479 g/mol. The van der Waals surface area contributed by atoms with Gasteiger partial charge in [0.05, 0.1) is 17.3 Å². The third-order valence-electron chi connectivity index (χ3n) is 5.42. The van der Waals surface area contributed by atoms with E-state index in [4.69, 9.17) is 4.52 Å². The number of hydrogen-bond donors (Lipinski definition) is 2. The minimum absolute atomic E-state index is 0.0474. The maximum atomic E-state index is 15.2. The van der Waals surface area contributed by atoms with Crippen LogP contribution in [0.1, 0.15) is 62.8 Å². The molecule has 2 heterocycles. The lowest BCUT2D eigenvalue weighted by molar-refractivity contribution is 0.128. The fourth-order valence-electron chi connectivity index (χ4n) is 3.65. The number of aromatic nitrogens is 3. The highest BCUT2D eigenvalue weighted by atomic mass is 32.2. The van der Waals surface area contributed by atoms with Crippen LogP contribution in [0.25, 0.3) is 11.1 Å². The van der Waals surface area contributed by atoms with Gasteiger partial charge >= 0.3 is 0 Å². The van der Waals surface area contributed by atoms with E-state index in [-0.39, 0.29) is 17.5 Å². The van der Waals surface area contributed by atoms with Gasteiger partial charge in [-0.15, -0.1) is 4.72 Å². The van der Waals surface area contributed by atoms with E-state index in [1.165, 1.54) is 24.8 Å². The summed E-state index contributed by atoms with van der Waals surface area (Å²) < 4.78 is 50.4. The van der Waals surface area contributed by atoms with Crippen molar-refractivity contribution in [3.63, 3.8) is 0 Å². The van der Waals surface area contributed by atoms with E-state index in [1.807, 2.05) is 0 Å². The van der Waals surface area contributed by atoms with Crippen LogP contribution in [0.5, 0.6) is 0 Å². The second-order valence-corrected chi connectivity index (χ2v) is 11.2. The summed E-state index contributed by atoms with van der Waals surface area (Å²) in [6.07, 6.45) is 2.96. The van der Waals surface area contributed by atoms with Crippen molar-refractivity contribution in [1.82, 2.24) is 19.8 Å². The highest BCUT2D eigenvalue weighted by Crippen LogP contribution is 2.39. The Morgan fingerprint density at radius 2 is 1.76 bits per heavy atom. The molecule has 0 saturated carbocycles. The van der Waals surface area contributed by atoms with Crippen LogP contribution in [0.4, 0.5) is 8.78 Å². The van der Waals surface area contributed by atoms with Gasteiger partial charge < -0.3 is 14.2 Å². The number of rotatable bonds is 7. The Labute approximate surface area is 195 Å². The van der Waals surface area contributed by atoms with Crippen LogP contribution in [0, 0.1) is 25.5 Å². The third kappa shape index (κ3) is 5.40. The van der Waals surface area contributed by atoms with Gasteiger partial charge in [0.25, 0.3) is 0 Å². The predicted molar refractivity (Wildman–Crippen MR) is 121 cm³/mol. The number of aliphatic hydroxyl groups is 1. The van der Waals surface area contributed by atoms with Crippen LogP contribution in [-0.4, -0.2) is 29.5 Å². The molecule has 0 radical (unpaired) electrons. The number of aryl methyl sites for hydroxylation is 2. The SMILES string of the molecule is Cc1noc(C)c1[C@H](O)C[C@](C)(N[S+]([O-])C(C)(C)C)c1cc(-c2cncnc2)c(F)cc1F. The van der Waals surface area contributed by atoms with Gasteiger partial charge in [-0.05, 0) is 47.6 Å². The number of benzene rings is 1. The van der Waals surface area contributed by atoms with Gasteiger partial charge in [-0.3, -0.25) is 0 Å². The van der Waals surface area contributed by atoms with Crippen molar-refractivity contribution in [1.29, 1.82) is 0 Å². The van der Waals surface area contributed by atoms with Gasteiger partial charge in [0.15, 0.2) is 0 Å². The quantitative estimate of drug-likeness (QED) is 0.484. The number of nitrogens with zero attached hydrogens (tertiary/aromatic N) is 3. The molecule has 0 fully saturated rings. The van der Waals surface area contributed by atoms with Gasteiger partial charge in [-0.2, -0.15) is 0 Å². The van der Waals surface area contributed by atoms with Crippen molar-refractivity contribution in [2.45, 2.75) is 64.4 Å². The van der Waals surface area contributed by atoms with E-state index in [9.17, 15) is 14.0 Å². The molecule has 2 aromatic heterocycles. The number of halogens is 2. The van der Waals surface area contributed by atoms with Crippen molar-refractivity contribution in [2.24, 2.45) is 0 Å². The standard InChI is InChI=1S/C23H28F2N4O3S/c1-13-21(14(2)32-28-13)20(30)9-23(6,29-33(31)22(3,4)5)17-7-16(18(24)8-19(17)25)15-10-26-12-27-11-15/h7-8,10-12,20,29-30H,9H2,1-6H3/t20-,23+,33?/m1/s1. The monoisotopic (exact) mass is 478 g/mol. The normalized spacial score (nSPS) is 15.8. The minimum Gasteiger partial charge on any atom is -0.598 e. The van der Waals surface area contributed by atoms with Gasteiger partial charge in [-0.1, -0.05) is 5.16 Å². The van der Waals surface area contributed by atoms with Crippen LogP contribution in [0.3, 0.4) is 0 Å². The van der Waals surface area contributed by atoms with Crippen LogP contribution in [0.2, 0.25) is 0 Å². The fourth-order valence-corrected chi connectivity index (χ4v) is 4.56. The Bertz CT molecular complexity index is 1100. The maximum absolute atomic E-state index is 15.2. The lowest BCUT2D eigenvalue weighted by Crippen LogP contribution is -2.51. The molecule has 0 amide bonds. The van der Waals surface area contributed by atoms with Crippen LogP contribution >= 0.6 is 0 Å². The summed E-state index contributed by atoms with van der Waals surface area (Å²) in [5.41, 5.74) is 0.127. The van der Waals surface area contributed by atoms with Crippen molar-refractivity contribution in [3.8, 4) is 11.1 Å². The van der Waals surface area contributed by atoms with Crippen molar-refractivity contribution in [3.05, 3.63) is 65.1 Å². The number of hydrogen-bond acceptors (Lipinski definition) is 7. The first-order valence-corrected chi connectivity index (χ1v) is 11.5. The van der Waals surface area contributed by atoms with Gasteiger partial charge in [0.1, 0.15) is 28.5 Å². The van der Waals surface area contributed by atoms with Crippen LogP contribution in [-0.2, 0) is 16.9 Å². The Morgan fingerprint density at radius 1 is 1.12 bits per heavy atom. The highest BCUT2D eigenvalue weighted by Gasteiger charge is 2.41. The zero-order chi connectivity index (χ0) is 24.6. The molecule has 0 bridgehead atoms. The molecular weight excluding hydrogens is 450 g/mol. The second kappa shape index (κ2) is 9.46. The van der Waals surface area contributed by atoms with E-state index in [1.54, 1.807) is 41.5 Å². The molecule has 3 aromatic rings. The molecule has 0 saturated heterocycles. The summed E-state index contributed by atoms with van der Waals surface area (Å²) in [5.74, 6) is -1.18. The Kier molecular flexibility index (Phi) is 7.23. The topological polar surface area (TPSA) is 107 Å². The van der Waals surface area contributed by atoms with E-state index in [0.29, 0.717) is 22.6 Å².